The predicted molar refractivity (Wildman–Crippen MR) is 107 cm³/mol. The number of carbonyl (C=O) groups excluding carboxylic acids is 1. The maximum absolute atomic E-state index is 11.4. The van der Waals surface area contributed by atoms with Gasteiger partial charge in [-0.1, -0.05) is 37.3 Å². The van der Waals surface area contributed by atoms with Crippen LogP contribution in [-0.4, -0.2) is 16.1 Å². The highest BCUT2D eigenvalue weighted by Crippen LogP contribution is 2.41. The normalized spacial score (nSPS) is 18.1. The Bertz CT molecular complexity index is 985. The maximum atomic E-state index is 11.4. The van der Waals surface area contributed by atoms with Crippen LogP contribution in [0.5, 0.6) is 5.75 Å². The molecule has 2 atom stereocenters. The molecule has 3 aromatic rings. The van der Waals surface area contributed by atoms with Gasteiger partial charge in [0.2, 0.25) is 5.91 Å². The fraction of sp³-hybridized carbons (Fsp3) is 0.304. The van der Waals surface area contributed by atoms with Crippen molar-refractivity contribution in [1.29, 1.82) is 0 Å². The first-order chi connectivity index (χ1) is 13.7. The first-order valence-electron chi connectivity index (χ1n) is 9.71. The number of nitrogens with one attached hydrogen (secondary N) is 1. The van der Waals surface area contributed by atoms with Crippen molar-refractivity contribution >= 4 is 16.8 Å². The van der Waals surface area contributed by atoms with Crippen LogP contribution in [0.15, 0.2) is 54.6 Å². The van der Waals surface area contributed by atoms with Crippen molar-refractivity contribution in [3.63, 3.8) is 0 Å². The summed E-state index contributed by atoms with van der Waals surface area (Å²) in [6.45, 7) is 2.60. The third-order valence-electron chi connectivity index (χ3n) is 5.40. The van der Waals surface area contributed by atoms with Crippen LogP contribution < -0.4 is 10.2 Å². The van der Waals surface area contributed by atoms with E-state index in [-0.39, 0.29) is 11.8 Å². The highest BCUT2D eigenvalue weighted by Gasteiger charge is 2.42. The molecule has 0 spiro atoms. The highest BCUT2D eigenvalue weighted by atomic mass is 16.5. The second kappa shape index (κ2) is 7.98. The number of carbonyl (C=O) groups is 1. The third-order valence-corrected chi connectivity index (χ3v) is 5.40. The lowest BCUT2D eigenvalue weighted by Crippen LogP contribution is -2.21. The number of aryl methyl sites for hydroxylation is 1. The van der Waals surface area contributed by atoms with Crippen LogP contribution in [0, 0.1) is 11.8 Å². The summed E-state index contributed by atoms with van der Waals surface area (Å²) in [4.78, 5) is 16.1. The molecule has 0 saturated heterocycles. The minimum Gasteiger partial charge on any atom is -0.489 e. The monoisotopic (exact) mass is 376 g/mol. The number of hydrogen-bond acceptors (Lipinski definition) is 4. The van der Waals surface area contributed by atoms with Gasteiger partial charge in [-0.2, -0.15) is 0 Å². The fourth-order valence-corrected chi connectivity index (χ4v) is 3.67. The molecule has 144 valence electrons. The number of para-hydroxylation sites is 1. The molecule has 1 aliphatic rings. The first-order valence-corrected chi connectivity index (χ1v) is 9.71. The van der Waals surface area contributed by atoms with Crippen LogP contribution in [-0.2, 0) is 24.2 Å². The molecule has 28 heavy (non-hydrogen) atoms. The van der Waals surface area contributed by atoms with E-state index in [1.54, 1.807) is 5.48 Å². The Labute approximate surface area is 164 Å². The summed E-state index contributed by atoms with van der Waals surface area (Å²) in [5, 5.41) is 9.82. The van der Waals surface area contributed by atoms with Crippen molar-refractivity contribution in [2.45, 2.75) is 32.8 Å². The number of hydrogen-bond donors (Lipinski definition) is 2. The van der Waals surface area contributed by atoms with Crippen molar-refractivity contribution in [2.75, 3.05) is 0 Å². The second-order valence-corrected chi connectivity index (χ2v) is 7.36. The number of aromatic nitrogens is 1. The molecule has 5 heteroatoms. The maximum Gasteiger partial charge on any atom is 0.246 e. The molecule has 1 aromatic heterocycles. The standard InChI is InChI=1S/C23H24N2O3/c1-2-18-12-17(20-5-3-4-6-22(20)24-18)14-28-19-9-7-15(8-10-19)11-16-13-21(16)23(26)25-27/h3-10,12,16,21,27H,2,11,13-14H2,1H3,(H,25,26). The van der Waals surface area contributed by atoms with Gasteiger partial charge < -0.3 is 4.74 Å². The fourth-order valence-electron chi connectivity index (χ4n) is 3.67. The molecular weight excluding hydrogens is 352 g/mol. The summed E-state index contributed by atoms with van der Waals surface area (Å²) < 4.78 is 6.03. The smallest absolute Gasteiger partial charge is 0.246 e. The van der Waals surface area contributed by atoms with Crippen molar-refractivity contribution < 1.29 is 14.7 Å². The summed E-state index contributed by atoms with van der Waals surface area (Å²) in [7, 11) is 0. The van der Waals surface area contributed by atoms with E-state index in [1.807, 2.05) is 42.5 Å². The number of ether oxygens (including phenoxy) is 1. The van der Waals surface area contributed by atoms with E-state index in [0.29, 0.717) is 12.5 Å². The van der Waals surface area contributed by atoms with Crippen LogP contribution in [0.1, 0.15) is 30.2 Å². The summed E-state index contributed by atoms with van der Waals surface area (Å²) in [5.74, 6) is 0.798. The molecule has 1 saturated carbocycles. The van der Waals surface area contributed by atoms with E-state index in [9.17, 15) is 4.79 Å². The Hall–Kier alpha value is -2.92. The number of hydroxylamine groups is 1. The minimum absolute atomic E-state index is 0.0614. The molecule has 1 heterocycles. The molecule has 2 unspecified atom stereocenters. The van der Waals surface area contributed by atoms with E-state index in [1.165, 1.54) is 5.56 Å². The van der Waals surface area contributed by atoms with Crippen LogP contribution in [0.25, 0.3) is 10.9 Å². The number of nitrogens with zero attached hydrogens (tertiary/aromatic N) is 1. The van der Waals surface area contributed by atoms with Gasteiger partial charge in [-0.15, -0.1) is 0 Å². The lowest BCUT2D eigenvalue weighted by atomic mass is 10.1. The molecule has 5 nitrogen and oxygen atoms in total. The molecule has 2 N–H and O–H groups in total. The van der Waals surface area contributed by atoms with E-state index in [4.69, 9.17) is 9.94 Å². The van der Waals surface area contributed by atoms with Gasteiger partial charge in [-0.3, -0.25) is 15.0 Å². The molecule has 1 fully saturated rings. The van der Waals surface area contributed by atoms with E-state index in [2.05, 4.69) is 24.0 Å². The number of pyridine rings is 1. The van der Waals surface area contributed by atoms with Gasteiger partial charge in [-0.05, 0) is 55.0 Å². The van der Waals surface area contributed by atoms with Gasteiger partial charge in [0.15, 0.2) is 0 Å². The summed E-state index contributed by atoms with van der Waals surface area (Å²) in [6, 6.07) is 18.3. The van der Waals surface area contributed by atoms with Crippen molar-refractivity contribution in [3.8, 4) is 5.75 Å². The molecule has 0 bridgehead atoms. The van der Waals surface area contributed by atoms with Crippen molar-refractivity contribution in [2.24, 2.45) is 11.8 Å². The van der Waals surface area contributed by atoms with E-state index in [0.717, 1.165) is 47.2 Å². The number of amides is 1. The zero-order chi connectivity index (χ0) is 19.5. The summed E-state index contributed by atoms with van der Waals surface area (Å²) in [5.41, 5.74) is 6.13. The number of rotatable bonds is 7. The Morgan fingerprint density at radius 2 is 2.00 bits per heavy atom. The van der Waals surface area contributed by atoms with Gasteiger partial charge >= 0.3 is 0 Å². The number of benzene rings is 2. The van der Waals surface area contributed by atoms with Crippen LogP contribution in [0.2, 0.25) is 0 Å². The Balaban J connectivity index is 1.41. The summed E-state index contributed by atoms with van der Waals surface area (Å²) >= 11 is 0. The zero-order valence-corrected chi connectivity index (χ0v) is 15.9. The van der Waals surface area contributed by atoms with Gasteiger partial charge in [0, 0.05) is 22.6 Å². The molecule has 1 amide bonds. The van der Waals surface area contributed by atoms with Gasteiger partial charge in [0.1, 0.15) is 12.4 Å². The number of fused-ring (bicyclic) bond motifs is 1. The SMILES string of the molecule is CCc1cc(COc2ccc(CC3CC3C(=O)NO)cc2)c2ccccc2n1. The molecule has 0 aliphatic heterocycles. The largest absolute Gasteiger partial charge is 0.489 e. The quantitative estimate of drug-likeness (QED) is 0.482. The van der Waals surface area contributed by atoms with Crippen LogP contribution >= 0.6 is 0 Å². The lowest BCUT2D eigenvalue weighted by Gasteiger charge is -2.11. The second-order valence-electron chi connectivity index (χ2n) is 7.36. The first kappa shape index (κ1) is 18.4. The molecular formula is C23H24N2O3. The minimum atomic E-state index is -0.277. The Kier molecular flexibility index (Phi) is 5.26. The highest BCUT2D eigenvalue weighted by molar-refractivity contribution is 5.82. The lowest BCUT2D eigenvalue weighted by molar-refractivity contribution is -0.130. The molecule has 2 aromatic carbocycles. The van der Waals surface area contributed by atoms with Crippen molar-refractivity contribution in [3.05, 3.63) is 71.4 Å². The average molecular weight is 376 g/mol. The topological polar surface area (TPSA) is 71.5 Å². The van der Waals surface area contributed by atoms with Crippen molar-refractivity contribution in [1.82, 2.24) is 10.5 Å². The predicted octanol–water partition coefficient (Wildman–Crippen LogP) is 4.06. The third kappa shape index (κ3) is 3.99. The van der Waals surface area contributed by atoms with E-state index >= 15 is 0 Å². The van der Waals surface area contributed by atoms with Crippen LogP contribution in [0.3, 0.4) is 0 Å². The summed E-state index contributed by atoms with van der Waals surface area (Å²) in [6.07, 6.45) is 2.57. The molecule has 4 rings (SSSR count). The Morgan fingerprint density at radius 1 is 1.21 bits per heavy atom. The molecule has 1 aliphatic carbocycles. The van der Waals surface area contributed by atoms with E-state index < -0.39 is 0 Å². The van der Waals surface area contributed by atoms with Gasteiger partial charge in [-0.25, -0.2) is 5.48 Å². The Morgan fingerprint density at radius 3 is 2.75 bits per heavy atom. The molecule has 0 radical (unpaired) electrons. The van der Waals surface area contributed by atoms with Crippen LogP contribution in [0.4, 0.5) is 0 Å². The zero-order valence-electron chi connectivity index (χ0n) is 15.9. The van der Waals surface area contributed by atoms with Gasteiger partial charge in [0.05, 0.1) is 5.52 Å². The average Bonchev–Trinajstić information content (AvgIpc) is 3.51. The van der Waals surface area contributed by atoms with Gasteiger partial charge in [0.25, 0.3) is 0 Å².